The van der Waals surface area contributed by atoms with Gasteiger partial charge < -0.3 is 19.2 Å². The van der Waals surface area contributed by atoms with Crippen LogP contribution in [0.5, 0.6) is 11.5 Å². The van der Waals surface area contributed by atoms with Crippen LogP contribution in [0.25, 0.3) is 11.0 Å². The summed E-state index contributed by atoms with van der Waals surface area (Å²) in [6, 6.07) is 16.2. The molecule has 0 aliphatic rings. The van der Waals surface area contributed by atoms with Crippen molar-refractivity contribution < 1.29 is 18.7 Å². The number of fused-ring (bicyclic) bond motifs is 1. The lowest BCUT2D eigenvalue weighted by molar-refractivity contribution is -0.123. The van der Waals surface area contributed by atoms with E-state index in [9.17, 15) is 4.79 Å². The van der Waals surface area contributed by atoms with Gasteiger partial charge in [-0.15, -0.1) is 0 Å². The summed E-state index contributed by atoms with van der Waals surface area (Å²) >= 11 is 0. The van der Waals surface area contributed by atoms with Gasteiger partial charge >= 0.3 is 0 Å². The fourth-order valence-electron chi connectivity index (χ4n) is 2.68. The minimum absolute atomic E-state index is 0.170. The molecule has 0 unspecified atom stereocenters. The van der Waals surface area contributed by atoms with E-state index in [1.54, 1.807) is 18.2 Å². The maximum Gasteiger partial charge on any atom is 0.258 e. The molecule has 0 bridgehead atoms. The number of furan rings is 1. The van der Waals surface area contributed by atoms with Crippen LogP contribution in [-0.4, -0.2) is 19.1 Å². The third-order valence-electron chi connectivity index (χ3n) is 3.98. The monoisotopic (exact) mass is 364 g/mol. The Morgan fingerprint density at radius 1 is 1.19 bits per heavy atom. The van der Waals surface area contributed by atoms with Gasteiger partial charge in [-0.05, 0) is 38.1 Å². The number of carbonyl (C=O) groups is 1. The van der Waals surface area contributed by atoms with Gasteiger partial charge in [-0.2, -0.15) is 5.26 Å². The highest BCUT2D eigenvalue weighted by Crippen LogP contribution is 2.28. The Bertz CT molecular complexity index is 954. The third kappa shape index (κ3) is 4.39. The molecule has 0 saturated carbocycles. The molecule has 0 fully saturated rings. The number of rotatable bonds is 7. The molecule has 0 aliphatic carbocycles. The molecular weight excluding hydrogens is 344 g/mol. The molecule has 1 aromatic heterocycles. The second-order valence-corrected chi connectivity index (χ2v) is 5.97. The molecule has 0 saturated heterocycles. The lowest BCUT2D eigenvalue weighted by Gasteiger charge is -2.14. The first kappa shape index (κ1) is 18.3. The predicted octanol–water partition coefficient (Wildman–Crippen LogP) is 3.96. The van der Waals surface area contributed by atoms with Gasteiger partial charge in [0.2, 0.25) is 0 Å². The molecule has 6 heteroatoms. The lowest BCUT2D eigenvalue weighted by atomic mass is 10.2. The van der Waals surface area contributed by atoms with E-state index in [2.05, 4.69) is 5.32 Å². The standard InChI is InChI=1S/C21H20N2O4/c1-3-25-20-10-15(12-22)8-9-18(20)26-13-21(24)23-14(2)19-11-16-6-4-5-7-17(16)27-19/h4-11,14H,3,13H2,1-2H3,(H,23,24)/t14-/m1/s1. The molecule has 1 amide bonds. The van der Waals surface area contributed by atoms with Crippen molar-refractivity contribution in [3.8, 4) is 17.6 Å². The number of hydrogen-bond donors (Lipinski definition) is 1. The Morgan fingerprint density at radius 2 is 2.00 bits per heavy atom. The van der Waals surface area contributed by atoms with E-state index >= 15 is 0 Å². The summed E-state index contributed by atoms with van der Waals surface area (Å²) in [7, 11) is 0. The van der Waals surface area contributed by atoms with Crippen LogP contribution in [0.2, 0.25) is 0 Å². The number of amides is 1. The van der Waals surface area contributed by atoms with Crippen molar-refractivity contribution >= 4 is 16.9 Å². The van der Waals surface area contributed by atoms with E-state index < -0.39 is 0 Å². The van der Waals surface area contributed by atoms with Crippen molar-refractivity contribution in [3.63, 3.8) is 0 Å². The van der Waals surface area contributed by atoms with Crippen LogP contribution in [0.15, 0.2) is 52.9 Å². The summed E-state index contributed by atoms with van der Waals surface area (Å²) in [6.45, 7) is 3.95. The molecule has 0 spiro atoms. The minimum Gasteiger partial charge on any atom is -0.490 e. The van der Waals surface area contributed by atoms with Crippen molar-refractivity contribution in [2.24, 2.45) is 0 Å². The van der Waals surface area contributed by atoms with Gasteiger partial charge in [0, 0.05) is 11.5 Å². The van der Waals surface area contributed by atoms with Crippen LogP contribution < -0.4 is 14.8 Å². The number of nitrogens with one attached hydrogen (secondary N) is 1. The Morgan fingerprint density at radius 3 is 2.74 bits per heavy atom. The van der Waals surface area contributed by atoms with Gasteiger partial charge in [-0.1, -0.05) is 18.2 Å². The third-order valence-corrected chi connectivity index (χ3v) is 3.98. The smallest absolute Gasteiger partial charge is 0.258 e. The highest BCUT2D eigenvalue weighted by atomic mass is 16.5. The maximum atomic E-state index is 12.2. The number of nitriles is 1. The van der Waals surface area contributed by atoms with E-state index in [4.69, 9.17) is 19.2 Å². The second-order valence-electron chi connectivity index (χ2n) is 5.97. The Hall–Kier alpha value is -3.46. The van der Waals surface area contributed by atoms with Crippen molar-refractivity contribution in [3.05, 3.63) is 59.9 Å². The molecule has 1 atom stereocenters. The summed E-state index contributed by atoms with van der Waals surface area (Å²) in [5.74, 6) is 1.25. The summed E-state index contributed by atoms with van der Waals surface area (Å²) < 4.78 is 16.8. The molecule has 0 radical (unpaired) electrons. The first-order valence-electron chi connectivity index (χ1n) is 8.68. The largest absolute Gasteiger partial charge is 0.490 e. The minimum atomic E-state index is -0.291. The molecule has 138 valence electrons. The Kier molecular flexibility index (Phi) is 5.62. The average Bonchev–Trinajstić information content (AvgIpc) is 3.11. The van der Waals surface area contributed by atoms with E-state index in [1.165, 1.54) is 0 Å². The predicted molar refractivity (Wildman–Crippen MR) is 101 cm³/mol. The maximum absolute atomic E-state index is 12.2. The highest BCUT2D eigenvalue weighted by Gasteiger charge is 2.15. The number of para-hydroxylation sites is 1. The average molecular weight is 364 g/mol. The molecule has 3 aromatic rings. The molecule has 6 nitrogen and oxygen atoms in total. The van der Waals surface area contributed by atoms with E-state index in [1.807, 2.05) is 50.2 Å². The van der Waals surface area contributed by atoms with Gasteiger partial charge in [0.15, 0.2) is 18.1 Å². The normalized spacial score (nSPS) is 11.6. The van der Waals surface area contributed by atoms with Gasteiger partial charge in [0.25, 0.3) is 5.91 Å². The molecule has 1 heterocycles. The quantitative estimate of drug-likeness (QED) is 0.686. The number of benzene rings is 2. The lowest BCUT2D eigenvalue weighted by Crippen LogP contribution is -2.31. The van der Waals surface area contributed by atoms with Gasteiger partial charge in [0.05, 0.1) is 24.3 Å². The number of nitrogens with zero attached hydrogens (tertiary/aromatic N) is 1. The molecule has 3 rings (SSSR count). The second kappa shape index (κ2) is 8.28. The van der Waals surface area contributed by atoms with Crippen molar-refractivity contribution in [1.82, 2.24) is 5.32 Å². The van der Waals surface area contributed by atoms with Gasteiger partial charge in [0.1, 0.15) is 11.3 Å². The van der Waals surface area contributed by atoms with E-state index in [0.29, 0.717) is 29.4 Å². The van der Waals surface area contributed by atoms with Gasteiger partial charge in [-0.25, -0.2) is 0 Å². The molecule has 2 aromatic carbocycles. The van der Waals surface area contributed by atoms with Crippen LogP contribution in [0.1, 0.15) is 31.2 Å². The van der Waals surface area contributed by atoms with E-state index in [-0.39, 0.29) is 18.6 Å². The van der Waals surface area contributed by atoms with Crippen LogP contribution in [-0.2, 0) is 4.79 Å². The van der Waals surface area contributed by atoms with Crippen LogP contribution >= 0.6 is 0 Å². The number of hydrogen-bond acceptors (Lipinski definition) is 5. The van der Waals surface area contributed by atoms with Crippen LogP contribution in [0.4, 0.5) is 0 Å². The summed E-state index contributed by atoms with van der Waals surface area (Å²) in [4.78, 5) is 12.2. The fraction of sp³-hybridized carbons (Fsp3) is 0.238. The first-order chi connectivity index (χ1) is 13.1. The molecule has 0 aliphatic heterocycles. The van der Waals surface area contributed by atoms with Crippen molar-refractivity contribution in [2.45, 2.75) is 19.9 Å². The topological polar surface area (TPSA) is 84.5 Å². The zero-order valence-corrected chi connectivity index (χ0v) is 15.2. The molecule has 27 heavy (non-hydrogen) atoms. The number of ether oxygens (including phenoxy) is 2. The Balaban J connectivity index is 1.61. The Labute approximate surface area is 157 Å². The summed E-state index contributed by atoms with van der Waals surface area (Å²) in [5.41, 5.74) is 1.25. The van der Waals surface area contributed by atoms with Crippen LogP contribution in [0.3, 0.4) is 0 Å². The zero-order valence-electron chi connectivity index (χ0n) is 15.2. The first-order valence-corrected chi connectivity index (χ1v) is 8.68. The summed E-state index contributed by atoms with van der Waals surface area (Å²) in [6.07, 6.45) is 0. The number of carbonyl (C=O) groups excluding carboxylic acids is 1. The highest BCUT2D eigenvalue weighted by molar-refractivity contribution is 5.80. The zero-order chi connectivity index (χ0) is 19.2. The van der Waals surface area contributed by atoms with E-state index in [0.717, 1.165) is 11.0 Å². The van der Waals surface area contributed by atoms with Gasteiger partial charge in [-0.3, -0.25) is 4.79 Å². The van der Waals surface area contributed by atoms with Crippen molar-refractivity contribution in [2.75, 3.05) is 13.2 Å². The van der Waals surface area contributed by atoms with Crippen molar-refractivity contribution in [1.29, 1.82) is 5.26 Å². The molecular formula is C21H20N2O4. The summed E-state index contributed by atoms with van der Waals surface area (Å²) in [5, 5.41) is 12.8. The fourth-order valence-corrected chi connectivity index (χ4v) is 2.68. The van der Waals surface area contributed by atoms with Crippen LogP contribution in [0, 0.1) is 11.3 Å². The molecule has 1 N–H and O–H groups in total. The SMILES string of the molecule is CCOc1cc(C#N)ccc1OCC(=O)N[C@H](C)c1cc2ccccc2o1.